The van der Waals surface area contributed by atoms with E-state index in [0.717, 1.165) is 42.4 Å². The summed E-state index contributed by atoms with van der Waals surface area (Å²) in [5, 5.41) is 0.935. The minimum Gasteiger partial charge on any atom is -0.367 e. The average Bonchev–Trinajstić information content (AvgIpc) is 3.09. The Labute approximate surface area is 115 Å². The fraction of sp³-hybridized carbons (Fsp3) is 0.417. The first-order chi connectivity index (χ1) is 9.25. The lowest BCUT2D eigenvalue weighted by molar-refractivity contribution is 0.0746. The van der Waals surface area contributed by atoms with Crippen LogP contribution in [0.3, 0.4) is 0 Å². The molecule has 19 heavy (non-hydrogen) atoms. The van der Waals surface area contributed by atoms with Gasteiger partial charge in [0, 0.05) is 50.1 Å². The first kappa shape index (κ1) is 12.2. The lowest BCUT2D eigenvalue weighted by atomic mass is 10.2. The van der Waals surface area contributed by atoms with E-state index in [9.17, 15) is 4.79 Å². The van der Waals surface area contributed by atoms with Gasteiger partial charge in [-0.15, -0.1) is 0 Å². The number of aromatic nitrogens is 3. The van der Waals surface area contributed by atoms with E-state index in [1.807, 2.05) is 18.0 Å². The van der Waals surface area contributed by atoms with Crippen molar-refractivity contribution in [2.24, 2.45) is 0 Å². The summed E-state index contributed by atoms with van der Waals surface area (Å²) in [5.74, 6) is 0.107. The van der Waals surface area contributed by atoms with Gasteiger partial charge in [-0.05, 0) is 12.5 Å². The smallest absolute Gasteiger partial charge is 0.255 e. The van der Waals surface area contributed by atoms with Gasteiger partial charge in [0.25, 0.3) is 5.91 Å². The molecule has 1 N–H and O–H groups in total. The average molecular weight is 277 g/mol. The maximum absolute atomic E-state index is 12.3. The standard InChI is InChI=1S/C12H15N5OS/c1-9-6-13-7-10(9)11(18)16-2-4-17(5-3-16)12-14-8-15-19-12/h6-8,13H,2-5H2,1H3. The van der Waals surface area contributed by atoms with Crippen molar-refractivity contribution in [3.05, 3.63) is 29.8 Å². The number of amides is 1. The molecule has 0 saturated carbocycles. The Bertz CT molecular complexity index is 556. The van der Waals surface area contributed by atoms with Gasteiger partial charge in [-0.2, -0.15) is 4.37 Å². The zero-order valence-electron chi connectivity index (χ0n) is 10.7. The molecule has 0 atom stereocenters. The van der Waals surface area contributed by atoms with Gasteiger partial charge < -0.3 is 14.8 Å². The molecule has 0 aromatic carbocycles. The van der Waals surface area contributed by atoms with Crippen molar-refractivity contribution in [2.75, 3.05) is 31.1 Å². The van der Waals surface area contributed by atoms with Gasteiger partial charge in [-0.3, -0.25) is 4.79 Å². The van der Waals surface area contributed by atoms with Crippen LogP contribution in [0.4, 0.5) is 5.13 Å². The SMILES string of the molecule is Cc1c[nH]cc1C(=O)N1CCN(c2ncns2)CC1. The van der Waals surface area contributed by atoms with Gasteiger partial charge in [0.2, 0.25) is 5.13 Å². The van der Waals surface area contributed by atoms with E-state index in [1.165, 1.54) is 11.5 Å². The second-order valence-corrected chi connectivity index (χ2v) is 5.31. The predicted octanol–water partition coefficient (Wildman–Crippen LogP) is 1.14. The number of H-pyrrole nitrogens is 1. The van der Waals surface area contributed by atoms with Crippen molar-refractivity contribution in [3.63, 3.8) is 0 Å². The van der Waals surface area contributed by atoms with Crippen LogP contribution in [0.25, 0.3) is 0 Å². The molecule has 1 amide bonds. The number of hydrogen-bond acceptors (Lipinski definition) is 5. The molecule has 100 valence electrons. The van der Waals surface area contributed by atoms with Crippen molar-refractivity contribution >= 4 is 22.6 Å². The number of piperazine rings is 1. The third-order valence-corrected chi connectivity index (χ3v) is 4.10. The Morgan fingerprint density at radius 1 is 1.32 bits per heavy atom. The largest absolute Gasteiger partial charge is 0.367 e. The highest BCUT2D eigenvalue weighted by molar-refractivity contribution is 7.09. The third kappa shape index (κ3) is 2.33. The number of nitrogens with one attached hydrogen (secondary N) is 1. The van der Waals surface area contributed by atoms with E-state index >= 15 is 0 Å². The zero-order valence-corrected chi connectivity index (χ0v) is 11.5. The van der Waals surface area contributed by atoms with Crippen molar-refractivity contribution in [1.82, 2.24) is 19.2 Å². The Kier molecular flexibility index (Phi) is 3.20. The van der Waals surface area contributed by atoms with E-state index in [1.54, 1.807) is 12.5 Å². The van der Waals surface area contributed by atoms with Crippen molar-refractivity contribution in [3.8, 4) is 0 Å². The zero-order chi connectivity index (χ0) is 13.2. The van der Waals surface area contributed by atoms with Crippen LogP contribution in [0.15, 0.2) is 18.7 Å². The topological polar surface area (TPSA) is 65.1 Å². The van der Waals surface area contributed by atoms with Gasteiger partial charge in [-0.1, -0.05) is 0 Å². The molecule has 0 aliphatic carbocycles. The molecule has 1 saturated heterocycles. The van der Waals surface area contributed by atoms with E-state index in [-0.39, 0.29) is 5.91 Å². The second kappa shape index (κ2) is 5.00. The fourth-order valence-corrected chi connectivity index (χ4v) is 2.83. The molecule has 0 spiro atoms. The highest BCUT2D eigenvalue weighted by atomic mass is 32.1. The van der Waals surface area contributed by atoms with Crippen LogP contribution in [0, 0.1) is 6.92 Å². The fourth-order valence-electron chi connectivity index (χ4n) is 2.25. The van der Waals surface area contributed by atoms with E-state index in [4.69, 9.17) is 0 Å². The van der Waals surface area contributed by atoms with Crippen LogP contribution in [0.2, 0.25) is 0 Å². The Morgan fingerprint density at radius 2 is 2.11 bits per heavy atom. The van der Waals surface area contributed by atoms with Gasteiger partial charge in [0.1, 0.15) is 6.33 Å². The molecular formula is C12H15N5OS. The summed E-state index contributed by atoms with van der Waals surface area (Å²) in [5.41, 5.74) is 1.76. The molecule has 1 aliphatic rings. The Morgan fingerprint density at radius 3 is 2.68 bits per heavy atom. The molecule has 3 rings (SSSR count). The number of aromatic amines is 1. The number of aryl methyl sites for hydroxylation is 1. The summed E-state index contributed by atoms with van der Waals surface area (Å²) in [4.78, 5) is 23.6. The normalized spacial score (nSPS) is 15.8. The molecule has 6 nitrogen and oxygen atoms in total. The molecule has 3 heterocycles. The second-order valence-electron chi connectivity index (χ2n) is 4.56. The highest BCUT2D eigenvalue weighted by Crippen LogP contribution is 2.18. The molecule has 2 aromatic rings. The number of hydrogen-bond donors (Lipinski definition) is 1. The van der Waals surface area contributed by atoms with Crippen LogP contribution in [-0.2, 0) is 0 Å². The maximum Gasteiger partial charge on any atom is 0.255 e. The molecule has 2 aromatic heterocycles. The summed E-state index contributed by atoms with van der Waals surface area (Å²) >= 11 is 1.40. The summed E-state index contributed by atoms with van der Waals surface area (Å²) in [6.45, 7) is 5.02. The van der Waals surface area contributed by atoms with Gasteiger partial charge >= 0.3 is 0 Å². The van der Waals surface area contributed by atoms with E-state index < -0.39 is 0 Å². The molecule has 0 bridgehead atoms. The van der Waals surface area contributed by atoms with Crippen LogP contribution in [0.1, 0.15) is 15.9 Å². The Balaban J connectivity index is 1.64. The molecule has 0 unspecified atom stereocenters. The lowest BCUT2D eigenvalue weighted by Crippen LogP contribution is -2.48. The van der Waals surface area contributed by atoms with Crippen LogP contribution in [-0.4, -0.2) is 51.3 Å². The molecule has 0 radical (unpaired) electrons. The highest BCUT2D eigenvalue weighted by Gasteiger charge is 2.24. The number of nitrogens with zero attached hydrogens (tertiary/aromatic N) is 4. The van der Waals surface area contributed by atoms with Crippen molar-refractivity contribution in [2.45, 2.75) is 6.92 Å². The maximum atomic E-state index is 12.3. The van der Waals surface area contributed by atoms with E-state index in [2.05, 4.69) is 19.2 Å². The number of carbonyl (C=O) groups is 1. The van der Waals surface area contributed by atoms with Gasteiger partial charge in [0.05, 0.1) is 5.56 Å². The quantitative estimate of drug-likeness (QED) is 0.894. The summed E-state index contributed by atoms with van der Waals surface area (Å²) in [6.07, 6.45) is 5.19. The number of rotatable bonds is 2. The summed E-state index contributed by atoms with van der Waals surface area (Å²) in [7, 11) is 0. The van der Waals surface area contributed by atoms with Gasteiger partial charge in [0.15, 0.2) is 0 Å². The summed E-state index contributed by atoms with van der Waals surface area (Å²) < 4.78 is 4.01. The minimum atomic E-state index is 0.107. The number of carbonyl (C=O) groups excluding carboxylic acids is 1. The van der Waals surface area contributed by atoms with Crippen molar-refractivity contribution in [1.29, 1.82) is 0 Å². The summed E-state index contributed by atoms with van der Waals surface area (Å²) in [6, 6.07) is 0. The lowest BCUT2D eigenvalue weighted by Gasteiger charge is -2.34. The Hall–Kier alpha value is -1.89. The molecule has 1 fully saturated rings. The first-order valence-corrected chi connectivity index (χ1v) is 6.97. The third-order valence-electron chi connectivity index (χ3n) is 3.37. The van der Waals surface area contributed by atoms with Crippen LogP contribution >= 0.6 is 11.5 Å². The van der Waals surface area contributed by atoms with Crippen molar-refractivity contribution < 1.29 is 4.79 Å². The monoisotopic (exact) mass is 277 g/mol. The van der Waals surface area contributed by atoms with Crippen LogP contribution < -0.4 is 4.90 Å². The predicted molar refractivity (Wildman–Crippen MR) is 73.6 cm³/mol. The molecule has 7 heteroatoms. The molecule has 1 aliphatic heterocycles. The number of anilines is 1. The minimum absolute atomic E-state index is 0.107. The molecular weight excluding hydrogens is 262 g/mol. The first-order valence-electron chi connectivity index (χ1n) is 6.20. The van der Waals surface area contributed by atoms with Gasteiger partial charge in [-0.25, -0.2) is 4.98 Å². The van der Waals surface area contributed by atoms with Crippen LogP contribution in [0.5, 0.6) is 0 Å². The van der Waals surface area contributed by atoms with E-state index in [0.29, 0.717) is 0 Å².